The van der Waals surface area contributed by atoms with E-state index >= 15 is 0 Å². The Balaban J connectivity index is 2.06. The molecule has 0 amide bonds. The Bertz CT molecular complexity index is 318. The van der Waals surface area contributed by atoms with Gasteiger partial charge in [-0.1, -0.05) is 12.8 Å². The van der Waals surface area contributed by atoms with Crippen LogP contribution in [0.25, 0.3) is 0 Å². The molecule has 0 radical (unpaired) electrons. The van der Waals surface area contributed by atoms with E-state index in [1.54, 1.807) is 0 Å². The highest BCUT2D eigenvalue weighted by atomic mass is 16.5. The van der Waals surface area contributed by atoms with Crippen LogP contribution in [0.15, 0.2) is 0 Å². The molecule has 2 fully saturated rings. The van der Waals surface area contributed by atoms with Gasteiger partial charge in [0.25, 0.3) is 0 Å². The van der Waals surface area contributed by atoms with Crippen LogP contribution in [0, 0.1) is 10.6 Å². The summed E-state index contributed by atoms with van der Waals surface area (Å²) in [6.45, 7) is 0.508. The predicted octanol–water partition coefficient (Wildman–Crippen LogP) is 1.82. The van der Waals surface area contributed by atoms with Gasteiger partial charge in [-0.05, 0) is 32.1 Å². The van der Waals surface area contributed by atoms with Gasteiger partial charge in [0.2, 0.25) is 5.71 Å². The molecule has 0 aromatic carbocycles. The van der Waals surface area contributed by atoms with Crippen molar-refractivity contribution in [2.75, 3.05) is 6.54 Å². The molecule has 2 saturated carbocycles. The first-order valence-corrected chi connectivity index (χ1v) is 6.21. The monoisotopic (exact) mass is 209 g/mol. The van der Waals surface area contributed by atoms with Crippen LogP contribution >= 0.6 is 0 Å². The maximum Gasteiger partial charge on any atom is 0.201 e. The predicted molar refractivity (Wildman–Crippen MR) is 57.8 cm³/mol. The molecular formula is C12H19NO2. The van der Waals surface area contributed by atoms with E-state index in [0.717, 1.165) is 42.6 Å². The number of rotatable bonds is 0. The second-order valence-electron chi connectivity index (χ2n) is 5.57. The van der Waals surface area contributed by atoms with E-state index in [0.29, 0.717) is 13.0 Å². The van der Waals surface area contributed by atoms with E-state index in [9.17, 15) is 10.3 Å². The third-order valence-electron chi connectivity index (χ3n) is 4.73. The fourth-order valence-corrected chi connectivity index (χ4v) is 4.13. The average Bonchev–Trinajstić information content (AvgIpc) is 2.74. The molecule has 0 bridgehead atoms. The van der Waals surface area contributed by atoms with Gasteiger partial charge in [0.05, 0.1) is 5.41 Å². The normalized spacial score (nSPS) is 38.7. The third kappa shape index (κ3) is 1.19. The van der Waals surface area contributed by atoms with Crippen LogP contribution < -0.4 is 0 Å². The zero-order valence-corrected chi connectivity index (χ0v) is 9.17. The summed E-state index contributed by atoms with van der Waals surface area (Å²) in [6.07, 6.45) is 8.40. The lowest BCUT2D eigenvalue weighted by Crippen LogP contribution is -2.50. The molecule has 1 heterocycles. The standard InChI is InChI=1S/C12H19NO2/c14-12-7-3-6-11(4-1-2-5-11)10(12)13(15)9-8-12/h14H,1-9H2. The SMILES string of the molecule is [O-][N+]1=C2C(O)(CCCC23CCCC3)CC1. The van der Waals surface area contributed by atoms with Gasteiger partial charge in [-0.25, -0.2) is 4.74 Å². The van der Waals surface area contributed by atoms with Gasteiger partial charge in [-0.15, -0.1) is 0 Å². The molecule has 3 aliphatic rings. The highest BCUT2D eigenvalue weighted by molar-refractivity contribution is 5.95. The molecule has 1 N–H and O–H groups in total. The number of nitrogens with zero attached hydrogens (tertiary/aromatic N) is 1. The van der Waals surface area contributed by atoms with Crippen molar-refractivity contribution in [1.82, 2.24) is 0 Å². The largest absolute Gasteiger partial charge is 0.624 e. The summed E-state index contributed by atoms with van der Waals surface area (Å²) in [5.41, 5.74) is 0.217. The number of hydrogen-bond donors (Lipinski definition) is 1. The Labute approximate surface area is 90.4 Å². The first-order valence-electron chi connectivity index (χ1n) is 6.21. The van der Waals surface area contributed by atoms with Gasteiger partial charge in [0.1, 0.15) is 0 Å². The van der Waals surface area contributed by atoms with Gasteiger partial charge in [0.15, 0.2) is 12.1 Å². The number of hydrogen-bond acceptors (Lipinski definition) is 2. The molecule has 0 saturated heterocycles. The smallest absolute Gasteiger partial charge is 0.201 e. The van der Waals surface area contributed by atoms with Crippen molar-refractivity contribution in [2.45, 2.75) is 57.0 Å². The average molecular weight is 209 g/mol. The van der Waals surface area contributed by atoms with Crippen molar-refractivity contribution in [3.8, 4) is 0 Å². The molecule has 84 valence electrons. The minimum Gasteiger partial charge on any atom is -0.624 e. The zero-order chi connectivity index (χ0) is 10.5. The van der Waals surface area contributed by atoms with Crippen molar-refractivity contribution in [3.63, 3.8) is 0 Å². The quantitative estimate of drug-likeness (QED) is 0.488. The molecule has 1 unspecified atom stereocenters. The molecule has 15 heavy (non-hydrogen) atoms. The summed E-state index contributed by atoms with van der Waals surface area (Å²) in [5, 5.41) is 22.4. The van der Waals surface area contributed by atoms with E-state index < -0.39 is 5.60 Å². The van der Waals surface area contributed by atoms with E-state index in [1.807, 2.05) is 0 Å². The highest BCUT2D eigenvalue weighted by Crippen LogP contribution is 2.52. The van der Waals surface area contributed by atoms with Crippen molar-refractivity contribution in [3.05, 3.63) is 5.21 Å². The van der Waals surface area contributed by atoms with E-state index in [-0.39, 0.29) is 5.41 Å². The van der Waals surface area contributed by atoms with Crippen LogP contribution in [0.1, 0.15) is 51.4 Å². The molecule has 1 spiro atoms. The number of aliphatic hydroxyl groups is 1. The highest BCUT2D eigenvalue weighted by Gasteiger charge is 2.58. The van der Waals surface area contributed by atoms with Gasteiger partial charge >= 0.3 is 0 Å². The summed E-state index contributed by atoms with van der Waals surface area (Å²) in [5.74, 6) is 0. The Kier molecular flexibility index (Phi) is 1.91. The second kappa shape index (κ2) is 2.97. The first-order chi connectivity index (χ1) is 7.16. The van der Waals surface area contributed by atoms with E-state index in [4.69, 9.17) is 0 Å². The van der Waals surface area contributed by atoms with Crippen LogP contribution in [-0.4, -0.2) is 27.7 Å². The zero-order valence-electron chi connectivity index (χ0n) is 9.17. The minimum absolute atomic E-state index is 0.0885. The first kappa shape index (κ1) is 9.64. The van der Waals surface area contributed by atoms with Crippen molar-refractivity contribution in [1.29, 1.82) is 0 Å². The maximum absolute atomic E-state index is 11.9. The number of fused-ring (bicyclic) bond motifs is 2. The topological polar surface area (TPSA) is 46.3 Å². The summed E-state index contributed by atoms with van der Waals surface area (Å²) in [4.78, 5) is 0. The van der Waals surface area contributed by atoms with Crippen LogP contribution in [0.2, 0.25) is 0 Å². The fraction of sp³-hybridized carbons (Fsp3) is 0.917. The van der Waals surface area contributed by atoms with E-state index in [1.165, 1.54) is 12.8 Å². The Morgan fingerprint density at radius 1 is 1.00 bits per heavy atom. The molecule has 3 nitrogen and oxygen atoms in total. The van der Waals surface area contributed by atoms with Crippen LogP contribution in [0.3, 0.4) is 0 Å². The Morgan fingerprint density at radius 3 is 2.40 bits per heavy atom. The summed E-state index contributed by atoms with van der Waals surface area (Å²) in [6, 6.07) is 0. The maximum atomic E-state index is 11.9. The Hall–Kier alpha value is -0.570. The third-order valence-corrected chi connectivity index (χ3v) is 4.73. The van der Waals surface area contributed by atoms with Gasteiger partial charge in [0, 0.05) is 6.42 Å². The molecule has 2 aliphatic carbocycles. The van der Waals surface area contributed by atoms with Crippen LogP contribution in [0.4, 0.5) is 0 Å². The van der Waals surface area contributed by atoms with Crippen molar-refractivity contribution in [2.24, 2.45) is 5.41 Å². The molecule has 0 aromatic heterocycles. The van der Waals surface area contributed by atoms with Gasteiger partial charge < -0.3 is 10.3 Å². The summed E-state index contributed by atoms with van der Waals surface area (Å²) in [7, 11) is 0. The fourth-order valence-electron chi connectivity index (χ4n) is 4.13. The molecule has 3 heteroatoms. The van der Waals surface area contributed by atoms with E-state index in [2.05, 4.69) is 0 Å². The van der Waals surface area contributed by atoms with Crippen LogP contribution in [0.5, 0.6) is 0 Å². The van der Waals surface area contributed by atoms with Crippen LogP contribution in [-0.2, 0) is 0 Å². The van der Waals surface area contributed by atoms with Gasteiger partial charge in [-0.2, -0.15) is 0 Å². The Morgan fingerprint density at radius 2 is 1.67 bits per heavy atom. The molecule has 3 rings (SSSR count). The summed E-state index contributed by atoms with van der Waals surface area (Å²) < 4.78 is 1.12. The van der Waals surface area contributed by atoms with Gasteiger partial charge in [-0.3, -0.25) is 0 Å². The molecular weight excluding hydrogens is 190 g/mol. The number of hydroxylamine groups is 1. The molecule has 1 aliphatic heterocycles. The lowest BCUT2D eigenvalue weighted by molar-refractivity contribution is -0.453. The lowest BCUT2D eigenvalue weighted by atomic mass is 9.65. The minimum atomic E-state index is -0.732. The van der Waals surface area contributed by atoms with Crippen molar-refractivity contribution < 1.29 is 9.85 Å². The lowest BCUT2D eigenvalue weighted by Gasteiger charge is -2.39. The molecule has 1 atom stereocenters. The second-order valence-corrected chi connectivity index (χ2v) is 5.57. The summed E-state index contributed by atoms with van der Waals surface area (Å²) >= 11 is 0. The molecule has 0 aromatic rings. The van der Waals surface area contributed by atoms with Crippen molar-refractivity contribution >= 4 is 5.71 Å².